The molecule has 0 bridgehead atoms. The lowest BCUT2D eigenvalue weighted by Gasteiger charge is -2.14. The summed E-state index contributed by atoms with van der Waals surface area (Å²) in [5, 5.41) is 13.6. The first-order valence-electron chi connectivity index (χ1n) is 7.62. The molecule has 1 N–H and O–H groups in total. The van der Waals surface area contributed by atoms with Crippen LogP contribution in [0.1, 0.15) is 28.4 Å². The van der Waals surface area contributed by atoms with E-state index in [-0.39, 0.29) is 16.8 Å². The summed E-state index contributed by atoms with van der Waals surface area (Å²) in [5.41, 5.74) is 1.72. The number of nitrogens with one attached hydrogen (secondary N) is 1. The number of anilines is 1. The predicted molar refractivity (Wildman–Crippen MR) is 92.5 cm³/mol. The van der Waals surface area contributed by atoms with E-state index in [1.807, 2.05) is 19.1 Å². The smallest absolute Gasteiger partial charge is 0.339 e. The van der Waals surface area contributed by atoms with Crippen molar-refractivity contribution < 1.29 is 19.2 Å². The maximum atomic E-state index is 12.2. The van der Waals surface area contributed by atoms with Gasteiger partial charge in [0.05, 0.1) is 10.5 Å². The van der Waals surface area contributed by atoms with Gasteiger partial charge in [0.1, 0.15) is 0 Å². The molecule has 130 valence electrons. The first-order chi connectivity index (χ1) is 11.8. The summed E-state index contributed by atoms with van der Waals surface area (Å²) in [6.07, 6.45) is -1.05. The molecule has 25 heavy (non-hydrogen) atoms. The minimum atomic E-state index is -1.05. The van der Waals surface area contributed by atoms with E-state index in [2.05, 4.69) is 5.32 Å². The largest absolute Gasteiger partial charge is 0.449 e. The van der Waals surface area contributed by atoms with Crippen molar-refractivity contribution in [1.29, 1.82) is 0 Å². The molecule has 7 heteroatoms. The minimum Gasteiger partial charge on any atom is -0.449 e. The van der Waals surface area contributed by atoms with Crippen molar-refractivity contribution >= 4 is 23.3 Å². The van der Waals surface area contributed by atoms with E-state index in [0.717, 1.165) is 5.56 Å². The van der Waals surface area contributed by atoms with Crippen molar-refractivity contribution in [2.75, 3.05) is 5.32 Å². The molecule has 1 unspecified atom stereocenters. The standard InChI is InChI=1S/C18H18N2O5/c1-11-7-9-14(10-8-11)19-17(21)13(3)25-18(22)15-5-4-6-16(12(15)2)20(23)24/h4-10,13H,1-3H3,(H,19,21). The zero-order chi connectivity index (χ0) is 18.6. The summed E-state index contributed by atoms with van der Waals surface area (Å²) in [6.45, 7) is 4.83. The first-order valence-corrected chi connectivity index (χ1v) is 7.62. The van der Waals surface area contributed by atoms with Crippen LogP contribution in [-0.4, -0.2) is 22.9 Å². The fourth-order valence-corrected chi connectivity index (χ4v) is 2.20. The van der Waals surface area contributed by atoms with Gasteiger partial charge in [0.15, 0.2) is 6.10 Å². The number of rotatable bonds is 5. The Hall–Kier alpha value is -3.22. The highest BCUT2D eigenvalue weighted by atomic mass is 16.6. The third kappa shape index (κ3) is 4.41. The van der Waals surface area contributed by atoms with E-state index < -0.39 is 22.9 Å². The molecule has 7 nitrogen and oxygen atoms in total. The molecule has 0 radical (unpaired) electrons. The second kappa shape index (κ2) is 7.57. The monoisotopic (exact) mass is 342 g/mol. The number of hydrogen-bond acceptors (Lipinski definition) is 5. The number of carbonyl (C=O) groups is 2. The molecule has 0 saturated heterocycles. The van der Waals surface area contributed by atoms with Crippen LogP contribution in [0.25, 0.3) is 0 Å². The molecule has 0 saturated carbocycles. The van der Waals surface area contributed by atoms with Crippen molar-refractivity contribution in [2.45, 2.75) is 26.9 Å². The van der Waals surface area contributed by atoms with Crippen LogP contribution in [0.4, 0.5) is 11.4 Å². The number of nitro groups is 1. The number of esters is 1. The minimum absolute atomic E-state index is 0.0594. The summed E-state index contributed by atoms with van der Waals surface area (Å²) in [5.74, 6) is -1.27. The lowest BCUT2D eigenvalue weighted by atomic mass is 10.1. The molecule has 0 aromatic heterocycles. The summed E-state index contributed by atoms with van der Waals surface area (Å²) in [6, 6.07) is 11.3. The molecule has 0 spiro atoms. The quantitative estimate of drug-likeness (QED) is 0.510. The number of benzene rings is 2. The predicted octanol–water partition coefficient (Wildman–Crippen LogP) is 3.40. The first kappa shape index (κ1) is 18.1. The topological polar surface area (TPSA) is 98.5 Å². The van der Waals surface area contributed by atoms with E-state index in [1.165, 1.54) is 32.0 Å². The number of ether oxygens (including phenoxy) is 1. The van der Waals surface area contributed by atoms with Crippen LogP contribution in [0.2, 0.25) is 0 Å². The van der Waals surface area contributed by atoms with Gasteiger partial charge in [0.25, 0.3) is 11.6 Å². The van der Waals surface area contributed by atoms with Gasteiger partial charge in [-0.2, -0.15) is 0 Å². The van der Waals surface area contributed by atoms with Crippen LogP contribution in [0.3, 0.4) is 0 Å². The second-order valence-electron chi connectivity index (χ2n) is 5.61. The highest BCUT2D eigenvalue weighted by Crippen LogP contribution is 2.22. The molecule has 1 amide bonds. The molecule has 2 aromatic rings. The zero-order valence-electron chi connectivity index (χ0n) is 14.1. The van der Waals surface area contributed by atoms with E-state index in [0.29, 0.717) is 5.69 Å². The molecule has 0 aliphatic carbocycles. The van der Waals surface area contributed by atoms with E-state index in [4.69, 9.17) is 4.74 Å². The van der Waals surface area contributed by atoms with Crippen molar-refractivity contribution in [3.63, 3.8) is 0 Å². The number of aryl methyl sites for hydroxylation is 1. The molecule has 0 aliphatic rings. The average Bonchev–Trinajstić information content (AvgIpc) is 2.56. The van der Waals surface area contributed by atoms with Crippen LogP contribution in [0.5, 0.6) is 0 Å². The van der Waals surface area contributed by atoms with Gasteiger partial charge >= 0.3 is 5.97 Å². The number of amides is 1. The second-order valence-corrected chi connectivity index (χ2v) is 5.61. The van der Waals surface area contributed by atoms with Gasteiger partial charge in [-0.1, -0.05) is 23.8 Å². The van der Waals surface area contributed by atoms with Crippen molar-refractivity contribution in [3.8, 4) is 0 Å². The van der Waals surface area contributed by atoms with Crippen molar-refractivity contribution in [1.82, 2.24) is 0 Å². The van der Waals surface area contributed by atoms with Gasteiger partial charge in [0, 0.05) is 17.3 Å². The number of nitro benzene ring substituents is 1. The molecule has 2 aromatic carbocycles. The Balaban J connectivity index is 2.07. The SMILES string of the molecule is Cc1ccc(NC(=O)C(C)OC(=O)c2cccc([N+](=O)[O-])c2C)cc1. The van der Waals surface area contributed by atoms with Crippen LogP contribution >= 0.6 is 0 Å². The van der Waals surface area contributed by atoms with Crippen LogP contribution in [-0.2, 0) is 9.53 Å². The highest BCUT2D eigenvalue weighted by molar-refractivity contribution is 5.98. The summed E-state index contributed by atoms with van der Waals surface area (Å²) < 4.78 is 5.14. The van der Waals surface area contributed by atoms with Crippen LogP contribution in [0.15, 0.2) is 42.5 Å². The van der Waals surface area contributed by atoms with Crippen molar-refractivity contribution in [3.05, 3.63) is 69.3 Å². The van der Waals surface area contributed by atoms with Crippen molar-refractivity contribution in [2.24, 2.45) is 0 Å². The lowest BCUT2D eigenvalue weighted by Crippen LogP contribution is -2.30. The molecule has 0 aliphatic heterocycles. The Morgan fingerprint density at radius 1 is 1.12 bits per heavy atom. The molecular weight excluding hydrogens is 324 g/mol. The third-order valence-corrected chi connectivity index (χ3v) is 3.69. The van der Waals surface area contributed by atoms with E-state index >= 15 is 0 Å². The van der Waals surface area contributed by atoms with Gasteiger partial charge in [-0.25, -0.2) is 4.79 Å². The normalized spacial score (nSPS) is 11.5. The van der Waals surface area contributed by atoms with Crippen LogP contribution < -0.4 is 5.32 Å². The van der Waals surface area contributed by atoms with E-state index in [9.17, 15) is 19.7 Å². The van der Waals surface area contributed by atoms with Gasteiger partial charge < -0.3 is 10.1 Å². The zero-order valence-corrected chi connectivity index (χ0v) is 14.1. The fraction of sp³-hybridized carbons (Fsp3) is 0.222. The third-order valence-electron chi connectivity index (χ3n) is 3.69. The highest BCUT2D eigenvalue weighted by Gasteiger charge is 2.23. The average molecular weight is 342 g/mol. The maximum absolute atomic E-state index is 12.2. The Morgan fingerprint density at radius 3 is 2.36 bits per heavy atom. The Labute approximate surface area is 144 Å². The fourth-order valence-electron chi connectivity index (χ4n) is 2.20. The van der Waals surface area contributed by atoms with E-state index in [1.54, 1.807) is 12.1 Å². The number of carbonyl (C=O) groups excluding carboxylic acids is 2. The van der Waals surface area contributed by atoms with Crippen LogP contribution in [0, 0.1) is 24.0 Å². The number of hydrogen-bond donors (Lipinski definition) is 1. The molecule has 2 rings (SSSR count). The van der Waals surface area contributed by atoms with Gasteiger partial charge in [-0.3, -0.25) is 14.9 Å². The Kier molecular flexibility index (Phi) is 5.49. The maximum Gasteiger partial charge on any atom is 0.339 e. The summed E-state index contributed by atoms with van der Waals surface area (Å²) >= 11 is 0. The molecule has 0 heterocycles. The van der Waals surface area contributed by atoms with Gasteiger partial charge in [-0.05, 0) is 39.0 Å². The summed E-state index contributed by atoms with van der Waals surface area (Å²) in [4.78, 5) is 34.7. The lowest BCUT2D eigenvalue weighted by molar-refractivity contribution is -0.385. The Morgan fingerprint density at radius 2 is 1.76 bits per heavy atom. The number of nitrogens with zero attached hydrogens (tertiary/aromatic N) is 1. The van der Waals surface area contributed by atoms with Gasteiger partial charge in [0.2, 0.25) is 0 Å². The summed E-state index contributed by atoms with van der Waals surface area (Å²) in [7, 11) is 0. The molecule has 1 atom stereocenters. The molecular formula is C18H18N2O5. The molecule has 0 fully saturated rings. The Bertz CT molecular complexity index is 815. The van der Waals surface area contributed by atoms with Gasteiger partial charge in [-0.15, -0.1) is 0 Å².